The molecule has 0 amide bonds. The van der Waals surface area contributed by atoms with Crippen molar-refractivity contribution in [3.8, 4) is 102 Å². The summed E-state index contributed by atoms with van der Waals surface area (Å²) in [6.07, 6.45) is 13.8. The number of fused-ring (bicyclic) bond motifs is 4. The second-order valence-corrected chi connectivity index (χ2v) is 30.8. The molecule has 0 saturated carbocycles. The van der Waals surface area contributed by atoms with E-state index in [2.05, 4.69) is 375 Å². The van der Waals surface area contributed by atoms with Crippen LogP contribution in [0.3, 0.4) is 0 Å². The van der Waals surface area contributed by atoms with Gasteiger partial charge < -0.3 is 0 Å². The smallest absolute Gasteiger partial charge is 0.160 e. The van der Waals surface area contributed by atoms with Gasteiger partial charge in [0, 0.05) is 66.1 Å². The molecule has 4 heterocycles. The average molecular weight is 1510 g/mol. The lowest BCUT2D eigenvalue weighted by Gasteiger charge is -2.34. The average Bonchev–Trinajstić information content (AvgIpc) is 1.52. The van der Waals surface area contributed by atoms with Crippen molar-refractivity contribution < 1.29 is 1.37 Å². The fraction of sp³-hybridized carbons (Fsp3) is 0.0531. The van der Waals surface area contributed by atoms with E-state index in [-0.39, 0.29) is 0 Å². The molecule has 0 bridgehead atoms. The quantitative estimate of drug-likeness (QED) is 0.0776. The predicted molar refractivity (Wildman–Crippen MR) is 495 cm³/mol. The van der Waals surface area contributed by atoms with Crippen molar-refractivity contribution in [1.82, 2.24) is 24.9 Å². The largest absolute Gasteiger partial charge is 0.264 e. The van der Waals surface area contributed by atoms with E-state index in [1.54, 1.807) is 19.3 Å². The minimum Gasteiger partial charge on any atom is -0.264 e. The van der Waals surface area contributed by atoms with E-state index in [1.165, 1.54) is 153 Å². The van der Waals surface area contributed by atoms with E-state index in [0.717, 1.165) is 61.6 Å². The van der Waals surface area contributed by atoms with Crippen molar-refractivity contribution in [3.63, 3.8) is 0 Å². The van der Waals surface area contributed by atoms with Gasteiger partial charge in [-0.15, -0.1) is 12.3 Å². The molecule has 21 aromatic rings. The Balaban J connectivity index is 0.000000129. The molecule has 4 aromatic heterocycles. The lowest BCUT2D eigenvalue weighted by atomic mass is 9.67. The summed E-state index contributed by atoms with van der Waals surface area (Å²) < 4.78 is 9.22. The third kappa shape index (κ3) is 12.8. The van der Waals surface area contributed by atoms with E-state index < -0.39 is 11.3 Å². The molecule has 23 rings (SSSR count). The van der Waals surface area contributed by atoms with Gasteiger partial charge in [0.25, 0.3) is 0 Å². The molecule has 1 unspecified atom stereocenters. The van der Waals surface area contributed by atoms with Crippen LogP contribution in [0.25, 0.3) is 176 Å². The summed E-state index contributed by atoms with van der Waals surface area (Å²) in [6, 6.07) is 131. The molecule has 2 aliphatic carbocycles. The number of aromatic nitrogens is 5. The molecule has 5 nitrogen and oxygen atoms in total. The molecule has 0 radical (unpaired) electrons. The highest BCUT2D eigenvalue weighted by atomic mass is 14.9. The molecule has 0 spiro atoms. The molecule has 0 aliphatic heterocycles. The highest BCUT2D eigenvalue weighted by molar-refractivity contribution is 6.20. The Hall–Kier alpha value is -15.1. The second kappa shape index (κ2) is 30.4. The predicted octanol–water partition coefficient (Wildman–Crippen LogP) is 29.0. The monoisotopic (exact) mass is 1510 g/mol. The van der Waals surface area contributed by atoms with Crippen LogP contribution < -0.4 is 0 Å². The van der Waals surface area contributed by atoms with Crippen molar-refractivity contribution in [2.24, 2.45) is 0 Å². The maximum atomic E-state index is 9.22. The van der Waals surface area contributed by atoms with Crippen molar-refractivity contribution in [1.29, 1.82) is 0 Å². The summed E-state index contributed by atoms with van der Waals surface area (Å²) in [5.74, 6) is 2.17. The number of hydrogen-bond donors (Lipinski definition) is 0. The molecule has 0 fully saturated rings. The summed E-state index contributed by atoms with van der Waals surface area (Å²) in [4.78, 5) is 23.9. The molecule has 17 aromatic carbocycles. The number of benzene rings is 17. The van der Waals surface area contributed by atoms with Crippen LogP contribution in [-0.2, 0) is 5.41 Å². The maximum absolute atomic E-state index is 9.22. The van der Waals surface area contributed by atoms with Gasteiger partial charge in [-0.25, -0.2) is 9.97 Å². The van der Waals surface area contributed by atoms with Crippen LogP contribution in [0.15, 0.2) is 395 Å². The van der Waals surface area contributed by atoms with Crippen molar-refractivity contribution >= 4 is 86.2 Å². The van der Waals surface area contributed by atoms with Crippen LogP contribution >= 0.6 is 0 Å². The van der Waals surface area contributed by atoms with Crippen LogP contribution in [0.1, 0.15) is 65.6 Å². The van der Waals surface area contributed by atoms with Gasteiger partial charge in [-0.05, 0) is 276 Å². The van der Waals surface area contributed by atoms with Crippen molar-refractivity contribution in [2.75, 3.05) is 0 Å². The first kappa shape index (κ1) is 70.7. The first-order valence-electron chi connectivity index (χ1n) is 40.7. The van der Waals surface area contributed by atoms with E-state index in [0.29, 0.717) is 5.82 Å². The highest BCUT2D eigenvalue weighted by Crippen LogP contribution is 2.58. The first-order valence-corrected chi connectivity index (χ1v) is 40.2. The maximum Gasteiger partial charge on any atom is 0.160 e. The van der Waals surface area contributed by atoms with Gasteiger partial charge in [-0.3, -0.25) is 15.0 Å². The summed E-state index contributed by atoms with van der Waals surface area (Å²) in [5, 5.41) is 20.2. The van der Waals surface area contributed by atoms with E-state index >= 15 is 0 Å². The lowest BCUT2D eigenvalue weighted by molar-refractivity contribution is 0.772. The number of rotatable bonds is 10. The number of pyridine rings is 3. The summed E-state index contributed by atoms with van der Waals surface area (Å²) >= 11 is 0. The Bertz CT molecular complexity index is 7420. The van der Waals surface area contributed by atoms with Gasteiger partial charge in [-0.2, -0.15) is 0 Å². The summed E-state index contributed by atoms with van der Waals surface area (Å²) in [6.45, 7) is 8.01. The molecular weight excluding hydrogens is 1430 g/mol. The molecule has 118 heavy (non-hydrogen) atoms. The van der Waals surface area contributed by atoms with Crippen molar-refractivity contribution in [3.05, 3.63) is 439 Å². The van der Waals surface area contributed by atoms with Crippen molar-refractivity contribution in [2.45, 2.75) is 39.0 Å². The third-order valence-corrected chi connectivity index (χ3v) is 23.8. The molecule has 5 heteroatoms. The number of nitrogens with zero attached hydrogens (tertiary/aromatic N) is 5. The molecule has 556 valence electrons. The van der Waals surface area contributed by atoms with Gasteiger partial charge in [0.15, 0.2) is 5.82 Å². The fourth-order valence-corrected chi connectivity index (χ4v) is 18.4. The normalized spacial score (nSPS) is 13.5. The third-order valence-electron chi connectivity index (χ3n) is 23.8. The lowest BCUT2D eigenvalue weighted by Crippen LogP contribution is -2.29. The zero-order valence-electron chi connectivity index (χ0n) is 66.8. The van der Waals surface area contributed by atoms with Gasteiger partial charge in [0.1, 0.15) is 0 Å². The Morgan fingerprint density at radius 1 is 0.314 bits per heavy atom. The molecule has 0 N–H and O–H groups in total. The molecule has 2 aliphatic rings. The van der Waals surface area contributed by atoms with Crippen LogP contribution in [-0.4, -0.2) is 24.9 Å². The first-order chi connectivity index (χ1) is 58.5. The van der Waals surface area contributed by atoms with Gasteiger partial charge in [0.05, 0.1) is 22.5 Å². The zero-order chi connectivity index (χ0) is 80.3. The topological polar surface area (TPSA) is 64.5 Å². The van der Waals surface area contributed by atoms with Crippen LogP contribution in [0.2, 0.25) is 0 Å². The SMILES string of the molecule is C#CC.Cc1c2ccccc2c(-c2ccc3ccccc3c2)c2ccccc12.[2H]C1(C)c2cc(C)cc3ccc4cc(-c5ccc(-c6cccnc6)nc5)cc1c4c23.c1ccc(-c2ccc3cc(-c4cc5c6c(ccc7cc(-c8nc(-c9ccccc9)cc(-c9cccnc9)n8)cc(c76)C5(c5ccccc5)c5ccccc5)c4)ccc3c2)cc1. The van der Waals surface area contributed by atoms with E-state index in [1.807, 2.05) is 55.8 Å². The number of terminal acetylenes is 1. The standard InChI is InChI=1S/C58H37N3.C27H20N2.C25H18.C3H4/c1-5-14-38(15-6-1)40-23-24-42-31-43(26-25-41(42)30-40)47-32-44-27-28-45-33-48(57-60-53(39-16-7-2-8-17-39)36-54(61-57)46-18-13-29-59-37-46)35-52-56(45)55(44)51(34-47)58(52,49-19-9-3-10-20-49)50-21-11-4-12-22-50;1-16-10-18-5-6-19-12-22(13-24-17(2)23(11-16)26(18)27(19)24)20-7-8-25(29-15-20)21-4-3-9-28-14-21;1-17-21-10-4-6-12-23(21)25(24-13-7-5-11-22(17)24)20-15-14-18-8-2-3-9-19(18)16-20;1-3-2/h1-37H;3-15,17H,1-2H3;2-16H,1H3;1H,2H3/i;17D;;. The number of aryl methyl sites for hydroxylation is 2. The van der Waals surface area contributed by atoms with Crippen LogP contribution in [0.5, 0.6) is 0 Å². The minimum atomic E-state index is -0.759. The number of hydrogen-bond acceptors (Lipinski definition) is 5. The highest BCUT2D eigenvalue weighted by Gasteiger charge is 2.46. The Kier molecular flexibility index (Phi) is 18.2. The Morgan fingerprint density at radius 3 is 1.29 bits per heavy atom. The van der Waals surface area contributed by atoms with Crippen LogP contribution in [0.4, 0.5) is 0 Å². The zero-order valence-corrected chi connectivity index (χ0v) is 65.8. The summed E-state index contributed by atoms with van der Waals surface area (Å²) in [5.41, 5.74) is 25.3. The molecular formula is C113H79N5. The second-order valence-electron chi connectivity index (χ2n) is 30.8. The van der Waals surface area contributed by atoms with Gasteiger partial charge >= 0.3 is 0 Å². The Labute approximate surface area is 688 Å². The van der Waals surface area contributed by atoms with E-state index in [9.17, 15) is 1.37 Å². The minimum absolute atomic E-state index is 0.626. The van der Waals surface area contributed by atoms with Gasteiger partial charge in [0.2, 0.25) is 0 Å². The van der Waals surface area contributed by atoms with E-state index in [4.69, 9.17) is 9.97 Å². The summed E-state index contributed by atoms with van der Waals surface area (Å²) in [7, 11) is 0. The van der Waals surface area contributed by atoms with Gasteiger partial charge in [-0.1, -0.05) is 285 Å². The molecule has 0 saturated heterocycles. The Morgan fingerprint density at radius 2 is 0.720 bits per heavy atom. The van der Waals surface area contributed by atoms with Crippen LogP contribution in [0, 0.1) is 26.2 Å². The fourth-order valence-electron chi connectivity index (χ4n) is 18.4. The molecule has 1 atom stereocenters.